The fourth-order valence-corrected chi connectivity index (χ4v) is 2.09. The van der Waals surface area contributed by atoms with Gasteiger partial charge in [0.1, 0.15) is 6.54 Å². The molecule has 7 nitrogen and oxygen atoms in total. The number of carbonyl (C=O) groups excluding carboxylic acids is 3. The fraction of sp³-hybridized carbons (Fsp3) is 0.429. The van der Waals surface area contributed by atoms with E-state index >= 15 is 0 Å². The van der Waals surface area contributed by atoms with Gasteiger partial charge >= 0.3 is 5.97 Å². The average Bonchev–Trinajstić information content (AvgIpc) is 2.50. The SMILES string of the molecule is CCN1CC(=O)N(Cc2ccc(C(=O)OC)cn2)CC1=O. The number of ether oxygens (including phenoxy) is 1. The monoisotopic (exact) mass is 291 g/mol. The number of hydrogen-bond acceptors (Lipinski definition) is 5. The molecule has 0 unspecified atom stereocenters. The predicted octanol–water partition coefficient (Wildman–Crippen LogP) is 0.0589. The highest BCUT2D eigenvalue weighted by atomic mass is 16.5. The van der Waals surface area contributed by atoms with E-state index in [9.17, 15) is 14.4 Å². The zero-order valence-corrected chi connectivity index (χ0v) is 12.0. The van der Waals surface area contributed by atoms with Gasteiger partial charge in [-0.05, 0) is 19.1 Å². The Balaban J connectivity index is 2.03. The Bertz CT molecular complexity index is 556. The molecule has 0 N–H and O–H groups in total. The van der Waals surface area contributed by atoms with Gasteiger partial charge in [0.05, 0.1) is 31.5 Å². The first-order valence-corrected chi connectivity index (χ1v) is 6.64. The lowest BCUT2D eigenvalue weighted by molar-refractivity contribution is -0.150. The molecule has 0 aromatic carbocycles. The van der Waals surface area contributed by atoms with Crippen molar-refractivity contribution < 1.29 is 19.1 Å². The Morgan fingerprint density at radius 1 is 1.24 bits per heavy atom. The summed E-state index contributed by atoms with van der Waals surface area (Å²) < 4.78 is 4.59. The standard InChI is InChI=1S/C14H17N3O4/c1-3-16-8-13(19)17(9-12(16)18)7-11-5-4-10(6-15-11)14(20)21-2/h4-6H,3,7-9H2,1-2H3. The minimum atomic E-state index is -0.461. The van der Waals surface area contributed by atoms with Crippen molar-refractivity contribution in [2.45, 2.75) is 13.5 Å². The van der Waals surface area contributed by atoms with E-state index in [1.165, 1.54) is 23.1 Å². The number of amides is 2. The van der Waals surface area contributed by atoms with Crippen LogP contribution in [0.5, 0.6) is 0 Å². The van der Waals surface area contributed by atoms with Crippen LogP contribution in [-0.2, 0) is 20.9 Å². The lowest BCUT2D eigenvalue weighted by atomic mass is 10.2. The summed E-state index contributed by atoms with van der Waals surface area (Å²) in [6, 6.07) is 3.24. The molecule has 7 heteroatoms. The van der Waals surface area contributed by atoms with Crippen LogP contribution in [0.2, 0.25) is 0 Å². The first-order valence-electron chi connectivity index (χ1n) is 6.64. The number of carbonyl (C=O) groups is 3. The maximum Gasteiger partial charge on any atom is 0.339 e. The maximum atomic E-state index is 12.0. The lowest BCUT2D eigenvalue weighted by Gasteiger charge is -2.33. The Morgan fingerprint density at radius 3 is 2.48 bits per heavy atom. The first-order chi connectivity index (χ1) is 10.0. The third kappa shape index (κ3) is 3.36. The third-order valence-corrected chi connectivity index (χ3v) is 3.34. The average molecular weight is 291 g/mol. The van der Waals surface area contributed by atoms with Crippen LogP contribution in [0.3, 0.4) is 0 Å². The molecule has 1 aromatic heterocycles. The Kier molecular flexibility index (Phi) is 4.52. The van der Waals surface area contributed by atoms with E-state index in [0.717, 1.165) is 0 Å². The summed E-state index contributed by atoms with van der Waals surface area (Å²) in [6.07, 6.45) is 1.40. The van der Waals surface area contributed by atoms with Crippen molar-refractivity contribution in [3.63, 3.8) is 0 Å². The van der Waals surface area contributed by atoms with Crippen LogP contribution in [0.1, 0.15) is 23.0 Å². The number of nitrogens with zero attached hydrogens (tertiary/aromatic N) is 3. The minimum Gasteiger partial charge on any atom is -0.465 e. The molecular weight excluding hydrogens is 274 g/mol. The van der Waals surface area contributed by atoms with Crippen molar-refractivity contribution in [2.24, 2.45) is 0 Å². The van der Waals surface area contributed by atoms with Gasteiger partial charge in [0, 0.05) is 12.7 Å². The number of hydrogen-bond donors (Lipinski definition) is 0. The third-order valence-electron chi connectivity index (χ3n) is 3.34. The molecule has 1 fully saturated rings. The second-order valence-electron chi connectivity index (χ2n) is 4.69. The highest BCUT2D eigenvalue weighted by Crippen LogP contribution is 2.10. The Morgan fingerprint density at radius 2 is 1.90 bits per heavy atom. The molecule has 21 heavy (non-hydrogen) atoms. The molecule has 0 saturated carbocycles. The van der Waals surface area contributed by atoms with E-state index in [4.69, 9.17) is 0 Å². The van der Waals surface area contributed by atoms with Gasteiger partial charge in [-0.1, -0.05) is 0 Å². The normalized spacial score (nSPS) is 15.3. The molecule has 0 bridgehead atoms. The summed E-state index contributed by atoms with van der Waals surface area (Å²) in [4.78, 5) is 42.2. The summed E-state index contributed by atoms with van der Waals surface area (Å²) >= 11 is 0. The van der Waals surface area contributed by atoms with E-state index in [-0.39, 0.29) is 31.4 Å². The zero-order chi connectivity index (χ0) is 15.4. The van der Waals surface area contributed by atoms with Crippen molar-refractivity contribution in [1.29, 1.82) is 0 Å². The van der Waals surface area contributed by atoms with E-state index < -0.39 is 5.97 Å². The quantitative estimate of drug-likeness (QED) is 0.733. The molecule has 2 rings (SSSR count). The van der Waals surface area contributed by atoms with E-state index in [1.54, 1.807) is 12.1 Å². The largest absolute Gasteiger partial charge is 0.465 e. The van der Waals surface area contributed by atoms with Crippen molar-refractivity contribution in [1.82, 2.24) is 14.8 Å². The van der Waals surface area contributed by atoms with Crippen LogP contribution < -0.4 is 0 Å². The van der Waals surface area contributed by atoms with Gasteiger partial charge in [0.2, 0.25) is 11.8 Å². The first kappa shape index (κ1) is 15.0. The van der Waals surface area contributed by atoms with Crippen LogP contribution >= 0.6 is 0 Å². The molecular formula is C14H17N3O4. The molecule has 1 saturated heterocycles. The summed E-state index contributed by atoms with van der Waals surface area (Å²) in [7, 11) is 1.30. The summed E-state index contributed by atoms with van der Waals surface area (Å²) in [5.41, 5.74) is 0.966. The number of aromatic nitrogens is 1. The molecule has 1 aliphatic heterocycles. The van der Waals surface area contributed by atoms with Crippen LogP contribution in [0.15, 0.2) is 18.3 Å². The molecule has 1 aromatic rings. The van der Waals surface area contributed by atoms with Gasteiger partial charge in [-0.25, -0.2) is 4.79 Å². The highest BCUT2D eigenvalue weighted by Gasteiger charge is 2.28. The molecule has 112 valence electrons. The molecule has 0 aliphatic carbocycles. The van der Waals surface area contributed by atoms with E-state index in [0.29, 0.717) is 17.8 Å². The zero-order valence-electron chi connectivity index (χ0n) is 12.0. The van der Waals surface area contributed by atoms with E-state index in [1.807, 2.05) is 6.92 Å². The Labute approximate surface area is 122 Å². The molecule has 0 radical (unpaired) electrons. The number of methoxy groups -OCH3 is 1. The lowest BCUT2D eigenvalue weighted by Crippen LogP contribution is -2.53. The maximum absolute atomic E-state index is 12.0. The van der Waals surface area contributed by atoms with E-state index in [2.05, 4.69) is 9.72 Å². The smallest absolute Gasteiger partial charge is 0.339 e. The topological polar surface area (TPSA) is 79.8 Å². The van der Waals surface area contributed by atoms with Gasteiger partial charge in [-0.3, -0.25) is 14.6 Å². The predicted molar refractivity (Wildman–Crippen MR) is 73.2 cm³/mol. The number of pyridine rings is 1. The van der Waals surface area contributed by atoms with Gasteiger partial charge in [0.25, 0.3) is 0 Å². The van der Waals surface area contributed by atoms with Gasteiger partial charge in [0.15, 0.2) is 0 Å². The van der Waals surface area contributed by atoms with Gasteiger partial charge < -0.3 is 14.5 Å². The molecule has 2 heterocycles. The molecule has 0 spiro atoms. The van der Waals surface area contributed by atoms with Crippen LogP contribution in [0.25, 0.3) is 0 Å². The molecule has 2 amide bonds. The van der Waals surface area contributed by atoms with Crippen molar-refractivity contribution >= 4 is 17.8 Å². The fourth-order valence-electron chi connectivity index (χ4n) is 2.09. The number of esters is 1. The Hall–Kier alpha value is -2.44. The van der Waals surface area contributed by atoms with Crippen LogP contribution in [0, 0.1) is 0 Å². The molecule has 1 aliphatic rings. The minimum absolute atomic E-state index is 0.0626. The van der Waals surface area contributed by atoms with Crippen molar-refractivity contribution in [3.05, 3.63) is 29.6 Å². The second kappa shape index (κ2) is 6.34. The van der Waals surface area contributed by atoms with Gasteiger partial charge in [-0.2, -0.15) is 0 Å². The van der Waals surface area contributed by atoms with Crippen LogP contribution in [0.4, 0.5) is 0 Å². The van der Waals surface area contributed by atoms with Crippen molar-refractivity contribution in [3.8, 4) is 0 Å². The van der Waals surface area contributed by atoms with Gasteiger partial charge in [-0.15, -0.1) is 0 Å². The number of likely N-dealkylation sites (N-methyl/N-ethyl adjacent to an activating group) is 1. The molecule has 0 atom stereocenters. The second-order valence-corrected chi connectivity index (χ2v) is 4.69. The number of piperazine rings is 1. The van der Waals surface area contributed by atoms with Crippen molar-refractivity contribution in [2.75, 3.05) is 26.7 Å². The van der Waals surface area contributed by atoms with Crippen LogP contribution in [-0.4, -0.2) is 59.3 Å². The summed E-state index contributed by atoms with van der Waals surface area (Å²) in [5, 5.41) is 0. The number of rotatable bonds is 4. The highest BCUT2D eigenvalue weighted by molar-refractivity contribution is 5.92. The summed E-state index contributed by atoms with van der Waals surface area (Å²) in [6.45, 7) is 2.80. The summed E-state index contributed by atoms with van der Waals surface area (Å²) in [5.74, 6) is -0.629.